The van der Waals surface area contributed by atoms with Crippen LogP contribution in [0.2, 0.25) is 10.0 Å². The molecule has 0 saturated carbocycles. The third-order valence-corrected chi connectivity index (χ3v) is 6.47. The fourth-order valence-corrected chi connectivity index (χ4v) is 4.43. The molecule has 1 fully saturated rings. The average Bonchev–Trinajstić information content (AvgIpc) is 2.92. The second-order valence-electron chi connectivity index (χ2n) is 8.39. The van der Waals surface area contributed by atoms with Gasteiger partial charge in [0.15, 0.2) is 0 Å². The van der Waals surface area contributed by atoms with E-state index in [0.717, 1.165) is 15.4 Å². The van der Waals surface area contributed by atoms with Crippen molar-refractivity contribution in [2.75, 3.05) is 9.80 Å². The Morgan fingerprint density at radius 2 is 1.24 bits per heavy atom. The number of amides is 4. The summed E-state index contributed by atoms with van der Waals surface area (Å²) in [5.74, 6) is -0.821. The molecule has 6 nitrogen and oxygen atoms in total. The first-order chi connectivity index (χ1) is 18.4. The third kappa shape index (κ3) is 5.18. The summed E-state index contributed by atoms with van der Waals surface area (Å²) in [5.41, 5.74) is 1.97. The van der Waals surface area contributed by atoms with Crippen molar-refractivity contribution in [3.05, 3.63) is 130 Å². The van der Waals surface area contributed by atoms with Crippen molar-refractivity contribution in [2.45, 2.75) is 6.61 Å². The van der Waals surface area contributed by atoms with Gasteiger partial charge in [-0.2, -0.15) is 0 Å². The Bertz CT molecular complexity index is 1470. The number of carbonyl (C=O) groups is 3. The molecular weight excluding hydrogens is 523 g/mol. The first kappa shape index (κ1) is 25.3. The minimum atomic E-state index is -0.737. The normalized spacial score (nSPS) is 13.6. The van der Waals surface area contributed by atoms with E-state index in [0.29, 0.717) is 32.7 Å². The molecule has 0 bridgehead atoms. The zero-order valence-electron chi connectivity index (χ0n) is 19.9. The molecule has 5 rings (SSSR count). The summed E-state index contributed by atoms with van der Waals surface area (Å²) in [7, 11) is 0. The molecular formula is C30H20Cl2N2O4. The number of urea groups is 1. The van der Waals surface area contributed by atoms with Gasteiger partial charge in [0.2, 0.25) is 0 Å². The van der Waals surface area contributed by atoms with Crippen molar-refractivity contribution in [1.29, 1.82) is 0 Å². The van der Waals surface area contributed by atoms with E-state index in [1.54, 1.807) is 103 Å². The summed E-state index contributed by atoms with van der Waals surface area (Å²) in [5, 5.41) is 1.05. The lowest BCUT2D eigenvalue weighted by atomic mass is 10.0. The van der Waals surface area contributed by atoms with E-state index in [1.807, 2.05) is 0 Å². The van der Waals surface area contributed by atoms with Crippen LogP contribution in [0.25, 0.3) is 6.08 Å². The van der Waals surface area contributed by atoms with Gasteiger partial charge in [-0.3, -0.25) is 9.59 Å². The van der Waals surface area contributed by atoms with E-state index in [4.69, 9.17) is 27.9 Å². The maximum absolute atomic E-state index is 13.5. The van der Waals surface area contributed by atoms with Crippen LogP contribution in [0, 0.1) is 0 Å². The van der Waals surface area contributed by atoms with Gasteiger partial charge in [0, 0.05) is 15.6 Å². The van der Waals surface area contributed by atoms with Gasteiger partial charge in [-0.1, -0.05) is 77.8 Å². The molecule has 0 unspecified atom stereocenters. The Morgan fingerprint density at radius 3 is 1.76 bits per heavy atom. The SMILES string of the molecule is O=C1C(=Cc2ccc(OCc3ccc(Cl)cc3Cl)cc2)C(=O)N(c2ccccc2)C(=O)N1c1ccccc1. The van der Waals surface area contributed by atoms with Crippen LogP contribution in [0.3, 0.4) is 0 Å². The van der Waals surface area contributed by atoms with Crippen molar-refractivity contribution < 1.29 is 19.1 Å². The molecule has 0 aliphatic carbocycles. The number of para-hydroxylation sites is 2. The number of imide groups is 2. The third-order valence-electron chi connectivity index (χ3n) is 5.88. The number of ether oxygens (including phenoxy) is 1. The first-order valence-electron chi connectivity index (χ1n) is 11.6. The predicted molar refractivity (Wildman–Crippen MR) is 148 cm³/mol. The van der Waals surface area contributed by atoms with Gasteiger partial charge >= 0.3 is 6.03 Å². The smallest absolute Gasteiger partial charge is 0.343 e. The van der Waals surface area contributed by atoms with E-state index in [2.05, 4.69) is 0 Å². The minimum absolute atomic E-state index is 0.140. The number of hydrogen-bond acceptors (Lipinski definition) is 4. The van der Waals surface area contributed by atoms with Gasteiger partial charge in [0.05, 0.1) is 11.4 Å². The van der Waals surface area contributed by atoms with Crippen LogP contribution in [-0.2, 0) is 16.2 Å². The molecule has 4 amide bonds. The average molecular weight is 543 g/mol. The zero-order valence-corrected chi connectivity index (χ0v) is 21.4. The summed E-state index contributed by atoms with van der Waals surface area (Å²) in [6.45, 7) is 0.244. The summed E-state index contributed by atoms with van der Waals surface area (Å²) >= 11 is 12.2. The lowest BCUT2D eigenvalue weighted by molar-refractivity contribution is -0.121. The molecule has 8 heteroatoms. The number of barbiturate groups is 1. The monoisotopic (exact) mass is 542 g/mol. The number of benzene rings is 4. The molecule has 0 atom stereocenters. The lowest BCUT2D eigenvalue weighted by Crippen LogP contribution is -2.57. The Labute approximate surface area is 229 Å². The van der Waals surface area contributed by atoms with Crippen LogP contribution < -0.4 is 14.5 Å². The van der Waals surface area contributed by atoms with Gasteiger partial charge in [-0.15, -0.1) is 0 Å². The molecule has 1 heterocycles. The van der Waals surface area contributed by atoms with Crippen molar-refractivity contribution in [1.82, 2.24) is 0 Å². The number of halogens is 2. The Morgan fingerprint density at radius 1 is 0.684 bits per heavy atom. The van der Waals surface area contributed by atoms with Crippen LogP contribution >= 0.6 is 23.2 Å². The topological polar surface area (TPSA) is 66.9 Å². The zero-order chi connectivity index (χ0) is 26.6. The van der Waals surface area contributed by atoms with E-state index >= 15 is 0 Å². The van der Waals surface area contributed by atoms with Gasteiger partial charge in [0.1, 0.15) is 17.9 Å². The second-order valence-corrected chi connectivity index (χ2v) is 9.23. The van der Waals surface area contributed by atoms with E-state index in [9.17, 15) is 14.4 Å². The Balaban J connectivity index is 1.44. The van der Waals surface area contributed by atoms with Gasteiger partial charge in [-0.25, -0.2) is 14.6 Å². The maximum atomic E-state index is 13.5. The fourth-order valence-electron chi connectivity index (χ4n) is 3.97. The highest BCUT2D eigenvalue weighted by atomic mass is 35.5. The van der Waals surface area contributed by atoms with Crippen LogP contribution in [0.5, 0.6) is 5.75 Å². The van der Waals surface area contributed by atoms with E-state index < -0.39 is 17.8 Å². The van der Waals surface area contributed by atoms with Crippen LogP contribution in [0.15, 0.2) is 109 Å². The molecule has 4 aromatic rings. The second kappa shape index (κ2) is 10.9. The summed E-state index contributed by atoms with van der Waals surface area (Å²) in [4.78, 5) is 42.3. The van der Waals surface area contributed by atoms with Crippen LogP contribution in [0.1, 0.15) is 11.1 Å². The largest absolute Gasteiger partial charge is 0.489 e. The minimum Gasteiger partial charge on any atom is -0.489 e. The number of rotatable bonds is 6. The molecule has 0 spiro atoms. The molecule has 0 aromatic heterocycles. The number of nitrogens with zero attached hydrogens (tertiary/aromatic N) is 2. The highest BCUT2D eigenvalue weighted by molar-refractivity contribution is 6.46. The van der Waals surface area contributed by atoms with Crippen LogP contribution in [-0.4, -0.2) is 17.8 Å². The van der Waals surface area contributed by atoms with Gasteiger partial charge in [0.25, 0.3) is 11.8 Å². The molecule has 1 saturated heterocycles. The van der Waals surface area contributed by atoms with Crippen molar-refractivity contribution >= 4 is 58.5 Å². The summed E-state index contributed by atoms with van der Waals surface area (Å²) < 4.78 is 5.82. The van der Waals surface area contributed by atoms with E-state index in [1.165, 1.54) is 6.08 Å². The molecule has 38 heavy (non-hydrogen) atoms. The predicted octanol–water partition coefficient (Wildman–Crippen LogP) is 7.16. The summed E-state index contributed by atoms with van der Waals surface area (Å²) in [6, 6.07) is 28.4. The van der Waals surface area contributed by atoms with Crippen LogP contribution in [0.4, 0.5) is 16.2 Å². The lowest BCUT2D eigenvalue weighted by Gasteiger charge is -2.33. The molecule has 0 N–H and O–H groups in total. The molecule has 0 radical (unpaired) electrons. The van der Waals surface area contributed by atoms with Crippen molar-refractivity contribution in [3.8, 4) is 5.75 Å². The van der Waals surface area contributed by atoms with Crippen molar-refractivity contribution in [2.24, 2.45) is 0 Å². The van der Waals surface area contributed by atoms with Crippen molar-refractivity contribution in [3.63, 3.8) is 0 Å². The van der Waals surface area contributed by atoms with E-state index in [-0.39, 0.29) is 12.2 Å². The number of hydrogen-bond donors (Lipinski definition) is 0. The Hall–Kier alpha value is -4.39. The first-order valence-corrected chi connectivity index (χ1v) is 12.4. The molecule has 4 aromatic carbocycles. The number of carbonyl (C=O) groups excluding carboxylic acids is 3. The quantitative estimate of drug-likeness (QED) is 0.191. The fraction of sp³-hybridized carbons (Fsp3) is 0.0333. The molecule has 1 aliphatic rings. The highest BCUT2D eigenvalue weighted by Gasteiger charge is 2.43. The number of anilines is 2. The molecule has 188 valence electrons. The summed E-state index contributed by atoms with van der Waals surface area (Å²) in [6.07, 6.45) is 1.48. The standard InChI is InChI=1S/C30H20Cl2N2O4/c31-22-14-13-21(27(32)18-22)19-38-25-15-11-20(12-16-25)17-26-28(35)33(23-7-3-1-4-8-23)30(37)34(29(26)36)24-9-5-2-6-10-24/h1-18H,19H2. The van der Waals surface area contributed by atoms with Gasteiger partial charge < -0.3 is 4.74 Å². The maximum Gasteiger partial charge on any atom is 0.343 e. The highest BCUT2D eigenvalue weighted by Crippen LogP contribution is 2.30. The molecule has 1 aliphatic heterocycles. The Kier molecular flexibility index (Phi) is 7.26. The van der Waals surface area contributed by atoms with Gasteiger partial charge in [-0.05, 0) is 60.2 Å².